The Morgan fingerprint density at radius 3 is 2.46 bits per heavy atom. The number of pyridine rings is 1. The van der Waals surface area contributed by atoms with Crippen molar-refractivity contribution in [1.82, 2.24) is 19.9 Å². The summed E-state index contributed by atoms with van der Waals surface area (Å²) in [5.41, 5.74) is 13.9. The van der Waals surface area contributed by atoms with Gasteiger partial charge in [0.05, 0.1) is 11.3 Å². The monoisotopic (exact) mass is 351 g/mol. The molecule has 0 aromatic carbocycles. The summed E-state index contributed by atoms with van der Waals surface area (Å²) >= 11 is 0. The van der Waals surface area contributed by atoms with Crippen molar-refractivity contribution in [2.45, 2.75) is 25.8 Å². The van der Waals surface area contributed by atoms with Crippen LogP contribution >= 0.6 is 0 Å². The van der Waals surface area contributed by atoms with E-state index in [-0.39, 0.29) is 5.95 Å². The maximum Gasteiger partial charge on any atom is 0.222 e. The van der Waals surface area contributed by atoms with E-state index in [1.807, 2.05) is 13.0 Å². The summed E-state index contributed by atoms with van der Waals surface area (Å²) < 4.78 is 0. The molecule has 7 nitrogen and oxygen atoms in total. The molecule has 1 saturated heterocycles. The number of nitrogens with zero attached hydrogens (tertiary/aromatic N) is 5. The van der Waals surface area contributed by atoms with Gasteiger partial charge in [0.1, 0.15) is 11.6 Å². The molecule has 136 valence electrons. The summed E-state index contributed by atoms with van der Waals surface area (Å²) in [6.07, 6.45) is 3.84. The van der Waals surface area contributed by atoms with Gasteiger partial charge < -0.3 is 21.3 Å². The molecular weight excluding hydrogens is 326 g/mol. The molecule has 0 unspecified atom stereocenters. The SMILES string of the molecule is Cc1nc(N)nc(N2CCC(N(C)C)CC2)c1C#Cc1ccc(N)nc1. The third kappa shape index (κ3) is 4.03. The molecule has 0 bridgehead atoms. The van der Waals surface area contributed by atoms with Crippen molar-refractivity contribution >= 4 is 17.6 Å². The Kier molecular flexibility index (Phi) is 5.24. The molecule has 0 aliphatic carbocycles. The van der Waals surface area contributed by atoms with E-state index in [1.54, 1.807) is 12.3 Å². The van der Waals surface area contributed by atoms with Crippen molar-refractivity contribution in [3.05, 3.63) is 35.2 Å². The van der Waals surface area contributed by atoms with Crippen LogP contribution in [0.5, 0.6) is 0 Å². The topological polar surface area (TPSA) is 97.2 Å². The third-order valence-electron chi connectivity index (χ3n) is 4.70. The first-order valence-electron chi connectivity index (χ1n) is 8.73. The van der Waals surface area contributed by atoms with Crippen molar-refractivity contribution in [1.29, 1.82) is 0 Å². The first-order valence-corrected chi connectivity index (χ1v) is 8.73. The lowest BCUT2D eigenvalue weighted by Gasteiger charge is -2.36. The van der Waals surface area contributed by atoms with E-state index in [0.717, 1.165) is 48.6 Å². The van der Waals surface area contributed by atoms with Gasteiger partial charge in [0.2, 0.25) is 5.95 Å². The molecule has 3 heterocycles. The van der Waals surface area contributed by atoms with Crippen LogP contribution in [0.3, 0.4) is 0 Å². The van der Waals surface area contributed by atoms with Gasteiger partial charge in [-0.2, -0.15) is 4.98 Å². The van der Waals surface area contributed by atoms with Crippen LogP contribution in [0.25, 0.3) is 0 Å². The molecule has 0 spiro atoms. The van der Waals surface area contributed by atoms with E-state index in [2.05, 4.69) is 50.7 Å². The van der Waals surface area contributed by atoms with Crippen molar-refractivity contribution in [3.8, 4) is 11.8 Å². The summed E-state index contributed by atoms with van der Waals surface area (Å²) in [5.74, 6) is 7.93. The summed E-state index contributed by atoms with van der Waals surface area (Å²) in [7, 11) is 4.26. The predicted molar refractivity (Wildman–Crippen MR) is 105 cm³/mol. The van der Waals surface area contributed by atoms with E-state index in [9.17, 15) is 0 Å². The maximum absolute atomic E-state index is 5.91. The Morgan fingerprint density at radius 2 is 1.85 bits per heavy atom. The van der Waals surface area contributed by atoms with Crippen LogP contribution in [0.4, 0.5) is 17.6 Å². The number of nitrogens with two attached hydrogens (primary N) is 2. The number of nitrogen functional groups attached to an aromatic ring is 2. The Balaban J connectivity index is 1.90. The zero-order chi connectivity index (χ0) is 18.7. The van der Waals surface area contributed by atoms with Crippen molar-refractivity contribution < 1.29 is 0 Å². The third-order valence-corrected chi connectivity index (χ3v) is 4.70. The molecule has 0 radical (unpaired) electrons. The second-order valence-corrected chi connectivity index (χ2v) is 6.77. The Bertz CT molecular complexity index is 825. The van der Waals surface area contributed by atoms with Gasteiger partial charge in [0, 0.05) is 30.9 Å². The number of aryl methyl sites for hydroxylation is 1. The molecule has 1 fully saturated rings. The summed E-state index contributed by atoms with van der Waals surface area (Å²) in [6.45, 7) is 3.77. The van der Waals surface area contributed by atoms with E-state index in [0.29, 0.717) is 11.9 Å². The van der Waals surface area contributed by atoms with Crippen LogP contribution in [0.2, 0.25) is 0 Å². The fourth-order valence-corrected chi connectivity index (χ4v) is 3.16. The minimum absolute atomic E-state index is 0.284. The largest absolute Gasteiger partial charge is 0.384 e. The van der Waals surface area contributed by atoms with Gasteiger partial charge in [-0.15, -0.1) is 0 Å². The molecule has 26 heavy (non-hydrogen) atoms. The van der Waals surface area contributed by atoms with Crippen LogP contribution in [0.15, 0.2) is 18.3 Å². The van der Waals surface area contributed by atoms with Crippen molar-refractivity contribution in [2.24, 2.45) is 0 Å². The van der Waals surface area contributed by atoms with Crippen LogP contribution in [-0.2, 0) is 0 Å². The highest BCUT2D eigenvalue weighted by molar-refractivity contribution is 5.61. The predicted octanol–water partition coefficient (Wildman–Crippen LogP) is 1.27. The normalized spacial score (nSPS) is 15.0. The number of anilines is 3. The Labute approximate surface area is 154 Å². The molecule has 1 aliphatic heterocycles. The lowest BCUT2D eigenvalue weighted by atomic mass is 10.0. The molecule has 3 rings (SSSR count). The van der Waals surface area contributed by atoms with E-state index in [1.165, 1.54) is 0 Å². The zero-order valence-corrected chi connectivity index (χ0v) is 15.5. The van der Waals surface area contributed by atoms with Gasteiger partial charge in [-0.25, -0.2) is 9.97 Å². The smallest absolute Gasteiger partial charge is 0.222 e. The highest BCUT2D eigenvalue weighted by Crippen LogP contribution is 2.25. The maximum atomic E-state index is 5.91. The van der Waals surface area contributed by atoms with Gasteiger partial charge in [0.15, 0.2) is 0 Å². The molecule has 7 heteroatoms. The van der Waals surface area contributed by atoms with Crippen molar-refractivity contribution in [3.63, 3.8) is 0 Å². The second-order valence-electron chi connectivity index (χ2n) is 6.77. The first kappa shape index (κ1) is 18.0. The summed E-state index contributed by atoms with van der Waals surface area (Å²) in [4.78, 5) is 17.4. The highest BCUT2D eigenvalue weighted by Gasteiger charge is 2.24. The number of hydrogen-bond donors (Lipinski definition) is 2. The fraction of sp³-hybridized carbons (Fsp3) is 0.421. The van der Waals surface area contributed by atoms with Gasteiger partial charge in [-0.3, -0.25) is 0 Å². The van der Waals surface area contributed by atoms with Gasteiger partial charge >= 0.3 is 0 Å². The average molecular weight is 351 g/mol. The minimum Gasteiger partial charge on any atom is -0.384 e. The van der Waals surface area contributed by atoms with Gasteiger partial charge in [-0.1, -0.05) is 11.8 Å². The molecule has 2 aromatic rings. The van der Waals surface area contributed by atoms with Gasteiger partial charge in [0.25, 0.3) is 0 Å². The Morgan fingerprint density at radius 1 is 1.12 bits per heavy atom. The first-order chi connectivity index (χ1) is 12.4. The van der Waals surface area contributed by atoms with E-state index < -0.39 is 0 Å². The van der Waals surface area contributed by atoms with E-state index >= 15 is 0 Å². The molecule has 2 aromatic heterocycles. The van der Waals surface area contributed by atoms with Crippen LogP contribution in [0.1, 0.15) is 29.7 Å². The van der Waals surface area contributed by atoms with Crippen LogP contribution in [0, 0.1) is 18.8 Å². The van der Waals surface area contributed by atoms with Crippen LogP contribution < -0.4 is 16.4 Å². The molecule has 0 amide bonds. The lowest BCUT2D eigenvalue weighted by molar-refractivity contribution is 0.249. The molecule has 0 atom stereocenters. The standard InChI is InChI=1S/C19H25N7/c1-13-16(6-4-14-5-7-17(20)22-12-14)18(24-19(21)23-13)26-10-8-15(9-11-26)25(2)3/h5,7,12,15H,8-11H2,1-3H3,(H2,20,22)(H2,21,23,24). The highest BCUT2D eigenvalue weighted by atomic mass is 15.2. The quantitative estimate of drug-likeness (QED) is 0.787. The average Bonchev–Trinajstić information content (AvgIpc) is 2.62. The fourth-order valence-electron chi connectivity index (χ4n) is 3.16. The van der Waals surface area contributed by atoms with Crippen molar-refractivity contribution in [2.75, 3.05) is 43.6 Å². The molecule has 4 N–H and O–H groups in total. The number of hydrogen-bond acceptors (Lipinski definition) is 7. The molecule has 0 saturated carbocycles. The second kappa shape index (κ2) is 7.58. The minimum atomic E-state index is 0.284. The van der Waals surface area contributed by atoms with E-state index in [4.69, 9.17) is 11.5 Å². The Hall–Kier alpha value is -2.85. The summed E-state index contributed by atoms with van der Waals surface area (Å²) in [5, 5.41) is 0. The number of piperidine rings is 1. The van der Waals surface area contributed by atoms with Gasteiger partial charge in [-0.05, 0) is 46.0 Å². The number of aromatic nitrogens is 3. The van der Waals surface area contributed by atoms with Crippen LogP contribution in [-0.4, -0.2) is 53.1 Å². The molecular formula is C19H25N7. The zero-order valence-electron chi connectivity index (χ0n) is 15.5. The number of rotatable bonds is 2. The lowest BCUT2D eigenvalue weighted by Crippen LogP contribution is -2.42. The summed E-state index contributed by atoms with van der Waals surface area (Å²) in [6, 6.07) is 4.19. The molecule has 1 aliphatic rings.